The van der Waals surface area contributed by atoms with Gasteiger partial charge >= 0.3 is 0 Å². The average Bonchev–Trinajstić information content (AvgIpc) is 2.81. The Hall–Kier alpha value is -2.82. The summed E-state index contributed by atoms with van der Waals surface area (Å²) in [6.07, 6.45) is -0.211. The lowest BCUT2D eigenvalue weighted by Gasteiger charge is -2.37. The molecule has 1 aliphatic rings. The van der Waals surface area contributed by atoms with Crippen LogP contribution in [0.3, 0.4) is 0 Å². The molecule has 0 radical (unpaired) electrons. The van der Waals surface area contributed by atoms with E-state index in [1.807, 2.05) is 14.0 Å². The molecule has 3 N–H and O–H groups in total. The van der Waals surface area contributed by atoms with Crippen molar-refractivity contribution in [2.24, 2.45) is 5.92 Å². The second kappa shape index (κ2) is 10.4. The van der Waals surface area contributed by atoms with Crippen LogP contribution in [0.1, 0.15) is 24.2 Å². The van der Waals surface area contributed by atoms with Crippen molar-refractivity contribution >= 4 is 21.6 Å². The predicted octanol–water partition coefficient (Wildman–Crippen LogP) is 1.94. The van der Waals surface area contributed by atoms with E-state index in [-0.39, 0.29) is 40.7 Å². The van der Waals surface area contributed by atoms with Gasteiger partial charge < -0.3 is 24.8 Å². The van der Waals surface area contributed by atoms with Crippen LogP contribution >= 0.6 is 0 Å². The number of aliphatic hydroxyl groups excluding tert-OH is 1. The number of carbonyl (C=O) groups excluding carboxylic acids is 1. The normalized spacial score (nSPS) is 19.7. The number of fused-ring (bicyclic) bond motifs is 1. The summed E-state index contributed by atoms with van der Waals surface area (Å²) in [5.74, 6) is 0.596. The van der Waals surface area contributed by atoms with E-state index in [0.717, 1.165) is 0 Å². The first kappa shape index (κ1) is 24.8. The fourth-order valence-corrected chi connectivity index (χ4v) is 4.75. The van der Waals surface area contributed by atoms with Crippen LogP contribution in [0.5, 0.6) is 11.5 Å². The van der Waals surface area contributed by atoms with Crippen molar-refractivity contribution in [1.82, 2.24) is 10.2 Å². The van der Waals surface area contributed by atoms with Gasteiger partial charge in [-0.1, -0.05) is 6.92 Å². The van der Waals surface area contributed by atoms with Crippen molar-refractivity contribution in [3.63, 3.8) is 0 Å². The van der Waals surface area contributed by atoms with Crippen molar-refractivity contribution in [2.45, 2.75) is 30.9 Å². The highest BCUT2D eigenvalue weighted by atomic mass is 32.2. The van der Waals surface area contributed by atoms with E-state index in [4.69, 9.17) is 9.47 Å². The smallest absolute Gasteiger partial charge is 0.261 e. The van der Waals surface area contributed by atoms with Crippen LogP contribution in [0.4, 0.5) is 5.69 Å². The highest BCUT2D eigenvalue weighted by Gasteiger charge is 2.33. The fourth-order valence-electron chi connectivity index (χ4n) is 3.70. The molecule has 0 saturated heterocycles. The number of nitrogens with zero attached hydrogens (tertiary/aromatic N) is 1. The van der Waals surface area contributed by atoms with Gasteiger partial charge in [0.25, 0.3) is 15.9 Å². The number of methoxy groups -OCH3 is 1. The van der Waals surface area contributed by atoms with Gasteiger partial charge in [-0.05, 0) is 56.4 Å². The molecule has 3 rings (SSSR count). The zero-order valence-electron chi connectivity index (χ0n) is 19.2. The van der Waals surface area contributed by atoms with E-state index in [1.54, 1.807) is 36.1 Å². The zero-order valence-corrected chi connectivity index (χ0v) is 20.1. The van der Waals surface area contributed by atoms with Crippen LogP contribution in [0.25, 0.3) is 0 Å². The molecular weight excluding hydrogens is 446 g/mol. The number of anilines is 1. The van der Waals surface area contributed by atoms with E-state index < -0.39 is 16.1 Å². The van der Waals surface area contributed by atoms with Gasteiger partial charge in [-0.25, -0.2) is 8.42 Å². The number of hydrogen-bond acceptors (Lipinski definition) is 7. The van der Waals surface area contributed by atoms with Gasteiger partial charge in [-0.15, -0.1) is 0 Å². The lowest BCUT2D eigenvalue weighted by Crippen LogP contribution is -2.49. The number of likely N-dealkylation sites (N-methyl/N-ethyl adjacent to an activating group) is 1. The maximum Gasteiger partial charge on any atom is 0.261 e. The summed E-state index contributed by atoms with van der Waals surface area (Å²) in [4.78, 5) is 15.1. The first-order valence-corrected chi connectivity index (χ1v) is 12.2. The van der Waals surface area contributed by atoms with Crippen molar-refractivity contribution in [2.75, 3.05) is 38.6 Å². The molecule has 1 aliphatic heterocycles. The number of ether oxygens (including phenoxy) is 2. The van der Waals surface area contributed by atoms with Gasteiger partial charge in [0.2, 0.25) is 0 Å². The van der Waals surface area contributed by atoms with Crippen LogP contribution in [0.2, 0.25) is 0 Å². The van der Waals surface area contributed by atoms with Gasteiger partial charge in [0.1, 0.15) is 17.6 Å². The molecule has 0 saturated carbocycles. The van der Waals surface area contributed by atoms with Gasteiger partial charge in [-0.3, -0.25) is 9.52 Å². The molecule has 3 atom stereocenters. The SMILES string of the molecule is CNC[C@H]1Oc2ccc(NS(=O)(=O)c3ccc(OC)cc3)cc2C(=O)N([C@@H](C)CO)C[C@@H]1C. The Balaban J connectivity index is 1.97. The average molecular weight is 478 g/mol. The summed E-state index contributed by atoms with van der Waals surface area (Å²) in [7, 11) is -0.556. The molecule has 0 aromatic heterocycles. The molecule has 0 aliphatic carbocycles. The summed E-state index contributed by atoms with van der Waals surface area (Å²) in [5, 5.41) is 12.8. The minimum absolute atomic E-state index is 0.0109. The van der Waals surface area contributed by atoms with Crippen LogP contribution in [0, 0.1) is 5.92 Å². The van der Waals surface area contributed by atoms with E-state index in [0.29, 0.717) is 24.6 Å². The number of carbonyl (C=O) groups is 1. The van der Waals surface area contributed by atoms with Gasteiger partial charge in [0, 0.05) is 24.7 Å². The minimum Gasteiger partial charge on any atom is -0.497 e. The first-order valence-electron chi connectivity index (χ1n) is 10.7. The summed E-state index contributed by atoms with van der Waals surface area (Å²) >= 11 is 0. The second-order valence-corrected chi connectivity index (χ2v) is 9.85. The summed E-state index contributed by atoms with van der Waals surface area (Å²) in [6.45, 7) is 4.55. The fraction of sp³-hybridized carbons (Fsp3) is 0.435. The van der Waals surface area contributed by atoms with Gasteiger partial charge in [0.05, 0.1) is 30.2 Å². The Morgan fingerprint density at radius 1 is 1.24 bits per heavy atom. The molecule has 0 unspecified atom stereocenters. The van der Waals surface area contributed by atoms with Crippen LogP contribution in [0.15, 0.2) is 47.4 Å². The number of sulfonamides is 1. The quantitative estimate of drug-likeness (QED) is 0.532. The maximum atomic E-state index is 13.4. The summed E-state index contributed by atoms with van der Waals surface area (Å²) in [6, 6.07) is 10.2. The van der Waals surface area contributed by atoms with Crippen molar-refractivity contribution in [1.29, 1.82) is 0 Å². The molecule has 33 heavy (non-hydrogen) atoms. The highest BCUT2D eigenvalue weighted by molar-refractivity contribution is 7.92. The van der Waals surface area contributed by atoms with Crippen molar-refractivity contribution in [3.8, 4) is 11.5 Å². The molecule has 1 heterocycles. The monoisotopic (exact) mass is 477 g/mol. The number of benzene rings is 2. The summed E-state index contributed by atoms with van der Waals surface area (Å²) in [5.41, 5.74) is 0.468. The molecule has 0 bridgehead atoms. The molecule has 2 aromatic carbocycles. The van der Waals surface area contributed by atoms with E-state index >= 15 is 0 Å². The number of nitrogens with one attached hydrogen (secondary N) is 2. The van der Waals surface area contributed by atoms with Crippen LogP contribution in [-0.2, 0) is 10.0 Å². The largest absolute Gasteiger partial charge is 0.497 e. The third kappa shape index (κ3) is 5.58. The van der Waals surface area contributed by atoms with Crippen molar-refractivity contribution in [3.05, 3.63) is 48.0 Å². The number of amides is 1. The Labute approximate surface area is 194 Å². The van der Waals surface area contributed by atoms with E-state index in [9.17, 15) is 18.3 Å². The molecule has 1 amide bonds. The van der Waals surface area contributed by atoms with Crippen molar-refractivity contribution < 1.29 is 27.8 Å². The number of aliphatic hydroxyl groups is 1. The maximum absolute atomic E-state index is 13.4. The Morgan fingerprint density at radius 3 is 2.55 bits per heavy atom. The van der Waals surface area contributed by atoms with E-state index in [1.165, 1.54) is 25.3 Å². The number of rotatable bonds is 8. The zero-order chi connectivity index (χ0) is 24.2. The topological polar surface area (TPSA) is 117 Å². The first-order chi connectivity index (χ1) is 15.7. The Kier molecular flexibility index (Phi) is 7.83. The van der Waals surface area contributed by atoms with Gasteiger partial charge in [-0.2, -0.15) is 0 Å². The standard InChI is InChI=1S/C23H31N3O6S/c1-15-13-26(16(2)14-27)23(28)20-11-17(5-10-21(20)32-22(15)12-24-3)25-33(29,30)19-8-6-18(31-4)7-9-19/h5-11,15-16,22,24-25,27H,12-14H2,1-4H3/t15-,16-,22+/m0/s1. The van der Waals surface area contributed by atoms with Crippen LogP contribution < -0.4 is 19.5 Å². The van der Waals surface area contributed by atoms with Gasteiger partial charge in [0.15, 0.2) is 0 Å². The lowest BCUT2D eigenvalue weighted by atomic mass is 9.99. The third-order valence-electron chi connectivity index (χ3n) is 5.69. The molecule has 0 spiro atoms. The second-order valence-electron chi connectivity index (χ2n) is 8.17. The highest BCUT2D eigenvalue weighted by Crippen LogP contribution is 2.31. The minimum atomic E-state index is -3.88. The molecule has 2 aromatic rings. The molecule has 180 valence electrons. The molecular formula is C23H31N3O6S. The number of hydrogen-bond donors (Lipinski definition) is 3. The molecule has 9 nitrogen and oxygen atoms in total. The third-order valence-corrected chi connectivity index (χ3v) is 7.09. The lowest BCUT2D eigenvalue weighted by molar-refractivity contribution is 0.0416. The molecule has 0 fully saturated rings. The van der Waals surface area contributed by atoms with E-state index in [2.05, 4.69) is 10.0 Å². The Morgan fingerprint density at radius 2 is 1.94 bits per heavy atom. The summed E-state index contributed by atoms with van der Waals surface area (Å²) < 4.78 is 39.5. The predicted molar refractivity (Wildman–Crippen MR) is 125 cm³/mol. The van der Waals surface area contributed by atoms with Crippen LogP contribution in [-0.4, -0.2) is 70.3 Å². The molecule has 10 heteroatoms. The Bertz CT molecular complexity index is 1070.